The minimum Gasteiger partial charge on any atom is -0.353 e. The van der Waals surface area contributed by atoms with E-state index in [1.54, 1.807) is 0 Å². The van der Waals surface area contributed by atoms with Crippen LogP contribution in [0.25, 0.3) is 0 Å². The van der Waals surface area contributed by atoms with E-state index in [0.717, 1.165) is 6.07 Å². The van der Waals surface area contributed by atoms with Crippen molar-refractivity contribution in [2.45, 2.75) is 51.0 Å². The standard InChI is InChI=1S/C17H25N3O5S/c1-4-13-5-6-15(20(22)23)11-16(13)26(24,25)19-9-7-14(8-10-19)18-17(21)12(2)3/h5-6,11-12,14H,4,7-10H2,1-3H3,(H,18,21). The zero-order chi connectivity index (χ0) is 19.5. The molecule has 0 atom stereocenters. The molecule has 2 rings (SSSR count). The van der Waals surface area contributed by atoms with Gasteiger partial charge in [0.1, 0.15) is 0 Å². The summed E-state index contributed by atoms with van der Waals surface area (Å²) < 4.78 is 27.3. The molecule has 1 N–H and O–H groups in total. The first-order valence-corrected chi connectivity index (χ1v) is 10.2. The Bertz CT molecular complexity index is 784. The summed E-state index contributed by atoms with van der Waals surface area (Å²) in [5, 5.41) is 13.9. The van der Waals surface area contributed by atoms with Crippen LogP contribution in [-0.2, 0) is 21.2 Å². The zero-order valence-electron chi connectivity index (χ0n) is 15.3. The Morgan fingerprint density at radius 1 is 1.35 bits per heavy atom. The molecule has 1 fully saturated rings. The number of nitro groups is 1. The Kier molecular flexibility index (Phi) is 6.35. The average Bonchev–Trinajstić information content (AvgIpc) is 2.61. The highest BCUT2D eigenvalue weighted by Crippen LogP contribution is 2.27. The molecule has 0 bridgehead atoms. The predicted molar refractivity (Wildman–Crippen MR) is 97.2 cm³/mol. The van der Waals surface area contributed by atoms with Gasteiger partial charge in [-0.1, -0.05) is 26.8 Å². The van der Waals surface area contributed by atoms with E-state index in [2.05, 4.69) is 5.32 Å². The highest BCUT2D eigenvalue weighted by Gasteiger charge is 2.32. The van der Waals surface area contributed by atoms with Crippen LogP contribution < -0.4 is 5.32 Å². The molecule has 0 spiro atoms. The van der Waals surface area contributed by atoms with Crippen LogP contribution in [0.2, 0.25) is 0 Å². The lowest BCUT2D eigenvalue weighted by atomic mass is 10.1. The molecule has 1 amide bonds. The molecule has 0 unspecified atom stereocenters. The Morgan fingerprint density at radius 3 is 2.46 bits per heavy atom. The summed E-state index contributed by atoms with van der Waals surface area (Å²) in [6.45, 7) is 5.98. The number of piperidine rings is 1. The van der Waals surface area contributed by atoms with Crippen molar-refractivity contribution in [2.75, 3.05) is 13.1 Å². The fraction of sp³-hybridized carbons (Fsp3) is 0.588. The third kappa shape index (κ3) is 4.39. The Hall–Kier alpha value is -2.00. The molecule has 1 heterocycles. The molecule has 0 aromatic heterocycles. The molecular formula is C17H25N3O5S. The Balaban J connectivity index is 2.18. The number of nitrogens with zero attached hydrogens (tertiary/aromatic N) is 2. The zero-order valence-corrected chi connectivity index (χ0v) is 16.1. The molecular weight excluding hydrogens is 358 g/mol. The van der Waals surface area contributed by atoms with Crippen molar-refractivity contribution >= 4 is 21.6 Å². The number of benzene rings is 1. The molecule has 0 saturated carbocycles. The quantitative estimate of drug-likeness (QED) is 0.597. The van der Waals surface area contributed by atoms with E-state index in [9.17, 15) is 23.3 Å². The van der Waals surface area contributed by atoms with E-state index in [4.69, 9.17) is 0 Å². The first-order valence-electron chi connectivity index (χ1n) is 8.74. The molecule has 1 aliphatic rings. The molecule has 8 nitrogen and oxygen atoms in total. The van der Waals surface area contributed by atoms with Crippen molar-refractivity contribution < 1.29 is 18.1 Å². The van der Waals surface area contributed by atoms with Gasteiger partial charge in [-0.2, -0.15) is 4.31 Å². The van der Waals surface area contributed by atoms with Gasteiger partial charge in [-0.05, 0) is 24.8 Å². The maximum absolute atomic E-state index is 13.0. The lowest BCUT2D eigenvalue weighted by Gasteiger charge is -2.32. The second kappa shape index (κ2) is 8.13. The van der Waals surface area contributed by atoms with Crippen LogP contribution in [0.15, 0.2) is 23.1 Å². The van der Waals surface area contributed by atoms with Crippen LogP contribution in [0, 0.1) is 16.0 Å². The van der Waals surface area contributed by atoms with Gasteiger partial charge < -0.3 is 5.32 Å². The number of nitro benzene ring substituents is 1. The first-order chi connectivity index (χ1) is 12.2. The van der Waals surface area contributed by atoms with Crippen LogP contribution in [0.3, 0.4) is 0 Å². The maximum atomic E-state index is 13.0. The van der Waals surface area contributed by atoms with Crippen molar-refractivity contribution in [1.82, 2.24) is 9.62 Å². The van der Waals surface area contributed by atoms with Crippen molar-refractivity contribution in [3.8, 4) is 0 Å². The van der Waals surface area contributed by atoms with Gasteiger partial charge in [0.25, 0.3) is 5.69 Å². The number of rotatable bonds is 6. The average molecular weight is 383 g/mol. The SMILES string of the molecule is CCc1ccc([N+](=O)[O-])cc1S(=O)(=O)N1CCC(NC(=O)C(C)C)CC1. The van der Waals surface area contributed by atoms with Crippen LogP contribution >= 0.6 is 0 Å². The van der Waals surface area contributed by atoms with Crippen molar-refractivity contribution in [1.29, 1.82) is 0 Å². The van der Waals surface area contributed by atoms with E-state index in [-0.39, 0.29) is 41.5 Å². The van der Waals surface area contributed by atoms with E-state index >= 15 is 0 Å². The van der Waals surface area contributed by atoms with Gasteiger partial charge in [0.15, 0.2) is 0 Å². The molecule has 9 heteroatoms. The third-order valence-corrected chi connectivity index (χ3v) is 6.57. The van der Waals surface area contributed by atoms with Gasteiger partial charge >= 0.3 is 0 Å². The monoisotopic (exact) mass is 383 g/mol. The molecule has 0 radical (unpaired) electrons. The number of amides is 1. The van der Waals surface area contributed by atoms with Gasteiger partial charge in [-0.3, -0.25) is 14.9 Å². The fourth-order valence-electron chi connectivity index (χ4n) is 2.94. The number of sulfonamides is 1. The second-order valence-electron chi connectivity index (χ2n) is 6.74. The molecule has 144 valence electrons. The van der Waals surface area contributed by atoms with Crippen molar-refractivity contribution in [3.05, 3.63) is 33.9 Å². The van der Waals surface area contributed by atoms with Crippen LogP contribution in [0.4, 0.5) is 5.69 Å². The van der Waals surface area contributed by atoms with E-state index in [1.807, 2.05) is 20.8 Å². The minimum atomic E-state index is -3.81. The normalized spacial score (nSPS) is 16.6. The number of hydrogen-bond acceptors (Lipinski definition) is 5. The van der Waals surface area contributed by atoms with Crippen molar-refractivity contribution in [2.24, 2.45) is 5.92 Å². The maximum Gasteiger partial charge on any atom is 0.270 e. The summed E-state index contributed by atoms with van der Waals surface area (Å²) in [7, 11) is -3.81. The number of non-ortho nitro benzene ring substituents is 1. The molecule has 26 heavy (non-hydrogen) atoms. The van der Waals surface area contributed by atoms with E-state index in [1.165, 1.54) is 16.4 Å². The largest absolute Gasteiger partial charge is 0.353 e. The van der Waals surface area contributed by atoms with Crippen molar-refractivity contribution in [3.63, 3.8) is 0 Å². The number of hydrogen-bond donors (Lipinski definition) is 1. The second-order valence-corrected chi connectivity index (χ2v) is 8.65. The van der Waals surface area contributed by atoms with Crippen LogP contribution in [-0.4, -0.2) is 42.7 Å². The van der Waals surface area contributed by atoms with Gasteiger partial charge in [0.2, 0.25) is 15.9 Å². The van der Waals surface area contributed by atoms with Gasteiger partial charge in [-0.25, -0.2) is 8.42 Å². The molecule has 1 aromatic carbocycles. The summed E-state index contributed by atoms with van der Waals surface area (Å²) in [5.41, 5.74) is 0.325. The lowest BCUT2D eigenvalue weighted by Crippen LogP contribution is -2.47. The highest BCUT2D eigenvalue weighted by atomic mass is 32.2. The Labute approximate surface area is 153 Å². The predicted octanol–water partition coefficient (Wildman–Crippen LogP) is 2.08. The van der Waals surface area contributed by atoms with Crippen LogP contribution in [0.1, 0.15) is 39.2 Å². The number of carbonyl (C=O) groups excluding carboxylic acids is 1. The summed E-state index contributed by atoms with van der Waals surface area (Å²) in [4.78, 5) is 22.2. The minimum absolute atomic E-state index is 0.00105. The number of nitrogens with one attached hydrogen (secondary N) is 1. The Morgan fingerprint density at radius 2 is 1.96 bits per heavy atom. The van der Waals surface area contributed by atoms with E-state index in [0.29, 0.717) is 24.8 Å². The third-order valence-electron chi connectivity index (χ3n) is 4.58. The molecule has 1 saturated heterocycles. The lowest BCUT2D eigenvalue weighted by molar-refractivity contribution is -0.385. The first kappa shape index (κ1) is 20.3. The van der Waals surface area contributed by atoms with Gasteiger partial charge in [0.05, 0.1) is 9.82 Å². The van der Waals surface area contributed by atoms with Crippen LogP contribution in [0.5, 0.6) is 0 Å². The molecule has 0 aliphatic carbocycles. The van der Waals surface area contributed by atoms with Gasteiger partial charge in [0, 0.05) is 37.2 Å². The highest BCUT2D eigenvalue weighted by molar-refractivity contribution is 7.89. The summed E-state index contributed by atoms with van der Waals surface area (Å²) in [5.74, 6) is -0.160. The fourth-order valence-corrected chi connectivity index (χ4v) is 4.72. The van der Waals surface area contributed by atoms with E-state index < -0.39 is 14.9 Å². The smallest absolute Gasteiger partial charge is 0.270 e. The topological polar surface area (TPSA) is 110 Å². The number of carbonyl (C=O) groups is 1. The summed E-state index contributed by atoms with van der Waals surface area (Å²) in [6.07, 6.45) is 1.51. The summed E-state index contributed by atoms with van der Waals surface area (Å²) >= 11 is 0. The number of aryl methyl sites for hydroxylation is 1. The molecule has 1 aliphatic heterocycles. The van der Waals surface area contributed by atoms with Gasteiger partial charge in [-0.15, -0.1) is 0 Å². The summed E-state index contributed by atoms with van der Waals surface area (Å²) in [6, 6.07) is 3.92. The molecule has 1 aromatic rings.